The highest BCUT2D eigenvalue weighted by Crippen LogP contribution is 2.34. The lowest BCUT2D eigenvalue weighted by atomic mass is 9.87. The van der Waals surface area contributed by atoms with E-state index >= 15 is 0 Å². The summed E-state index contributed by atoms with van der Waals surface area (Å²) >= 11 is 1.67. The molecule has 2 fully saturated rings. The van der Waals surface area contributed by atoms with Crippen molar-refractivity contribution in [2.24, 2.45) is 5.92 Å². The van der Waals surface area contributed by atoms with Crippen LogP contribution in [0.4, 0.5) is 0 Å². The molecule has 3 aliphatic rings. The van der Waals surface area contributed by atoms with Gasteiger partial charge in [0.15, 0.2) is 0 Å². The first-order valence-electron chi connectivity index (χ1n) is 11.5. The Morgan fingerprint density at radius 3 is 2.31 bits per heavy atom. The summed E-state index contributed by atoms with van der Waals surface area (Å²) in [7, 11) is 0. The number of aryl methyl sites for hydroxylation is 1. The first-order valence-corrected chi connectivity index (χ1v) is 12.3. The fraction of sp³-hybridized carbons (Fsp3) is 0.739. The molecule has 1 aliphatic carbocycles. The average Bonchev–Trinajstić information content (AvgIpc) is 2.97. The molecule has 1 aromatic rings. The quantitative estimate of drug-likeness (QED) is 0.757. The largest absolute Gasteiger partial charge is 0.340 e. The summed E-state index contributed by atoms with van der Waals surface area (Å²) in [5.74, 6) is 0.619. The molecule has 0 spiro atoms. The van der Waals surface area contributed by atoms with Crippen molar-refractivity contribution in [1.29, 1.82) is 0 Å². The summed E-state index contributed by atoms with van der Waals surface area (Å²) in [5, 5.41) is 0. The molecule has 0 N–H and O–H groups in total. The minimum absolute atomic E-state index is 0.0869. The Morgan fingerprint density at radius 2 is 1.66 bits per heavy atom. The Bertz CT molecular complexity index is 728. The van der Waals surface area contributed by atoms with Gasteiger partial charge in [0.1, 0.15) is 0 Å². The highest BCUT2D eigenvalue weighted by atomic mass is 32.1. The highest BCUT2D eigenvalue weighted by Gasteiger charge is 2.32. The van der Waals surface area contributed by atoms with Crippen molar-refractivity contribution in [3.8, 4) is 0 Å². The molecule has 6 heteroatoms. The maximum atomic E-state index is 13.1. The van der Waals surface area contributed by atoms with Crippen LogP contribution in [0.2, 0.25) is 0 Å². The summed E-state index contributed by atoms with van der Waals surface area (Å²) < 4.78 is 0. The zero-order valence-corrected chi connectivity index (χ0v) is 18.8. The third-order valence-corrected chi connectivity index (χ3v) is 8.12. The van der Waals surface area contributed by atoms with Gasteiger partial charge in [0, 0.05) is 56.1 Å². The van der Waals surface area contributed by atoms with E-state index in [2.05, 4.69) is 29.7 Å². The van der Waals surface area contributed by atoms with Gasteiger partial charge in [-0.3, -0.25) is 14.5 Å². The van der Waals surface area contributed by atoms with Crippen molar-refractivity contribution in [3.05, 3.63) is 21.4 Å². The van der Waals surface area contributed by atoms with E-state index in [1.807, 2.05) is 4.90 Å². The molecule has 0 radical (unpaired) electrons. The Balaban J connectivity index is 1.37. The third-order valence-electron chi connectivity index (χ3n) is 6.89. The molecule has 3 heterocycles. The summed E-state index contributed by atoms with van der Waals surface area (Å²) in [5.41, 5.74) is 1.25. The third kappa shape index (κ3) is 4.69. The predicted octanol–water partition coefficient (Wildman–Crippen LogP) is 3.42. The maximum Gasteiger partial charge on any atom is 0.263 e. The van der Waals surface area contributed by atoms with Crippen LogP contribution < -0.4 is 0 Å². The monoisotopic (exact) mass is 417 g/mol. The fourth-order valence-corrected chi connectivity index (χ4v) is 6.16. The SMILES string of the molecule is CC(C)N1CCN(C(=O)[C@H]2CCc3sc(C(=O)N4CCCCCC4)cc3C2)CC1. The van der Waals surface area contributed by atoms with E-state index in [4.69, 9.17) is 0 Å². The number of carbonyl (C=O) groups excluding carboxylic acids is 2. The topological polar surface area (TPSA) is 43.9 Å². The van der Waals surface area contributed by atoms with Gasteiger partial charge >= 0.3 is 0 Å². The van der Waals surface area contributed by atoms with E-state index in [0.717, 1.165) is 76.2 Å². The average molecular weight is 418 g/mol. The van der Waals surface area contributed by atoms with Crippen LogP contribution in [-0.2, 0) is 17.6 Å². The summed E-state index contributed by atoms with van der Waals surface area (Å²) in [6.45, 7) is 9.90. The predicted molar refractivity (Wildman–Crippen MR) is 117 cm³/mol. The molecule has 2 amide bonds. The van der Waals surface area contributed by atoms with Gasteiger partial charge in [0.2, 0.25) is 5.91 Å². The molecule has 2 aliphatic heterocycles. The number of likely N-dealkylation sites (tertiary alicyclic amines) is 1. The first kappa shape index (κ1) is 20.9. The smallest absolute Gasteiger partial charge is 0.263 e. The molecule has 1 aromatic heterocycles. The number of hydrogen-bond donors (Lipinski definition) is 0. The molecular formula is C23H35N3O2S. The van der Waals surface area contributed by atoms with Crippen LogP contribution >= 0.6 is 11.3 Å². The van der Waals surface area contributed by atoms with Gasteiger partial charge in [0.05, 0.1) is 4.88 Å². The van der Waals surface area contributed by atoms with Gasteiger partial charge in [-0.2, -0.15) is 0 Å². The Labute approximate surface area is 179 Å². The maximum absolute atomic E-state index is 13.1. The van der Waals surface area contributed by atoms with Crippen LogP contribution in [-0.4, -0.2) is 71.8 Å². The second-order valence-corrected chi connectivity index (χ2v) is 10.3. The lowest BCUT2D eigenvalue weighted by Crippen LogP contribution is -2.52. The van der Waals surface area contributed by atoms with Crippen molar-refractivity contribution >= 4 is 23.2 Å². The lowest BCUT2D eigenvalue weighted by Gasteiger charge is -2.38. The zero-order valence-electron chi connectivity index (χ0n) is 18.0. The van der Waals surface area contributed by atoms with E-state index in [1.165, 1.54) is 23.3 Å². The van der Waals surface area contributed by atoms with Gasteiger partial charge < -0.3 is 9.80 Å². The van der Waals surface area contributed by atoms with Gasteiger partial charge in [0.25, 0.3) is 5.91 Å². The Morgan fingerprint density at radius 1 is 0.966 bits per heavy atom. The van der Waals surface area contributed by atoms with Crippen LogP contribution in [0.25, 0.3) is 0 Å². The van der Waals surface area contributed by atoms with E-state index in [1.54, 1.807) is 11.3 Å². The number of rotatable bonds is 3. The Kier molecular flexibility index (Phi) is 6.60. The molecule has 0 aromatic carbocycles. The molecule has 29 heavy (non-hydrogen) atoms. The van der Waals surface area contributed by atoms with Gasteiger partial charge in [-0.15, -0.1) is 11.3 Å². The molecule has 0 bridgehead atoms. The molecule has 2 saturated heterocycles. The van der Waals surface area contributed by atoms with Crippen LogP contribution in [0, 0.1) is 5.92 Å². The number of amides is 2. The summed E-state index contributed by atoms with van der Waals surface area (Å²) in [4.78, 5) is 34.9. The molecule has 5 nitrogen and oxygen atoms in total. The molecular weight excluding hydrogens is 382 g/mol. The molecule has 160 valence electrons. The van der Waals surface area contributed by atoms with Crippen LogP contribution in [0.15, 0.2) is 6.07 Å². The first-order chi connectivity index (χ1) is 14.0. The second-order valence-electron chi connectivity index (χ2n) is 9.16. The number of carbonyl (C=O) groups is 2. The van der Waals surface area contributed by atoms with Gasteiger partial charge in [-0.05, 0) is 57.6 Å². The summed E-state index contributed by atoms with van der Waals surface area (Å²) in [6.07, 6.45) is 7.39. The Hall–Kier alpha value is -1.40. The summed E-state index contributed by atoms with van der Waals surface area (Å²) in [6, 6.07) is 2.65. The molecule has 0 saturated carbocycles. The van der Waals surface area contributed by atoms with Gasteiger partial charge in [-0.1, -0.05) is 12.8 Å². The normalized spacial score (nSPS) is 23.8. The number of thiophene rings is 1. The second kappa shape index (κ2) is 9.17. The zero-order chi connectivity index (χ0) is 20.4. The minimum atomic E-state index is 0.0869. The molecule has 0 unspecified atom stereocenters. The van der Waals surface area contributed by atoms with Crippen molar-refractivity contribution in [3.63, 3.8) is 0 Å². The van der Waals surface area contributed by atoms with E-state index < -0.39 is 0 Å². The fourth-order valence-electron chi connectivity index (χ4n) is 4.99. The number of fused-ring (bicyclic) bond motifs is 1. The molecule has 1 atom stereocenters. The molecule has 4 rings (SSSR count). The van der Waals surface area contributed by atoms with Crippen molar-refractivity contribution in [1.82, 2.24) is 14.7 Å². The number of hydrogen-bond acceptors (Lipinski definition) is 4. The van der Waals surface area contributed by atoms with Crippen LogP contribution in [0.1, 0.15) is 66.1 Å². The lowest BCUT2D eigenvalue weighted by molar-refractivity contribution is -0.137. The van der Waals surface area contributed by atoms with E-state index in [0.29, 0.717) is 11.9 Å². The van der Waals surface area contributed by atoms with Crippen LogP contribution in [0.3, 0.4) is 0 Å². The highest BCUT2D eigenvalue weighted by molar-refractivity contribution is 7.14. The standard InChI is InChI=1S/C23H35N3O2S/c1-17(2)24-11-13-26(14-12-24)22(27)18-7-8-20-19(15-18)16-21(29-20)23(28)25-9-5-3-4-6-10-25/h16-18H,3-15H2,1-2H3/t18-/m0/s1. The van der Waals surface area contributed by atoms with Crippen molar-refractivity contribution < 1.29 is 9.59 Å². The number of piperazine rings is 1. The van der Waals surface area contributed by atoms with E-state index in [9.17, 15) is 9.59 Å². The van der Waals surface area contributed by atoms with Crippen molar-refractivity contribution in [2.75, 3.05) is 39.3 Å². The van der Waals surface area contributed by atoms with Crippen molar-refractivity contribution in [2.45, 2.75) is 64.8 Å². The number of nitrogens with zero attached hydrogens (tertiary/aromatic N) is 3. The minimum Gasteiger partial charge on any atom is -0.340 e. The van der Waals surface area contributed by atoms with Gasteiger partial charge in [-0.25, -0.2) is 0 Å². The van der Waals surface area contributed by atoms with E-state index in [-0.39, 0.29) is 11.8 Å². The van der Waals surface area contributed by atoms with Crippen LogP contribution in [0.5, 0.6) is 0 Å².